The molecule has 1 rings (SSSR count). The Morgan fingerprint density at radius 2 is 1.43 bits per heavy atom. The molecule has 0 heterocycles. The summed E-state index contributed by atoms with van der Waals surface area (Å²) in [6.45, 7) is 9.18. The summed E-state index contributed by atoms with van der Waals surface area (Å²) in [5.41, 5.74) is 1.92. The molecule has 0 saturated carbocycles. The van der Waals surface area contributed by atoms with Gasteiger partial charge in [0.15, 0.2) is 11.4 Å². The Labute approximate surface area is 164 Å². The maximum Gasteiger partial charge on any atom is 0.176 e. The molecular weight excluding hydrogens is 366 g/mol. The molecule has 0 radical (unpaired) electrons. The van der Waals surface area contributed by atoms with Gasteiger partial charge >= 0.3 is 0 Å². The minimum absolute atomic E-state index is 0.00793. The second-order valence-electron chi connectivity index (χ2n) is 8.55. The SMILES string of the molecule is CC(C)(C)C(Oc1cc(OCC(=O)[O-])cc(C(=O)CN)c1)(C(=O)[O-])C(C)(C)C. The third-order valence-corrected chi connectivity index (χ3v) is 4.41. The highest BCUT2D eigenvalue weighted by Gasteiger charge is 2.54. The van der Waals surface area contributed by atoms with Crippen LogP contribution in [0.2, 0.25) is 0 Å². The number of hydrogen-bond donors (Lipinski definition) is 1. The van der Waals surface area contributed by atoms with Crippen LogP contribution in [0.25, 0.3) is 0 Å². The molecule has 0 spiro atoms. The molecule has 8 heteroatoms. The average molecular weight is 393 g/mol. The van der Waals surface area contributed by atoms with Crippen LogP contribution in [0.5, 0.6) is 11.5 Å². The van der Waals surface area contributed by atoms with Gasteiger partial charge in [-0.25, -0.2) is 0 Å². The molecule has 8 nitrogen and oxygen atoms in total. The van der Waals surface area contributed by atoms with Gasteiger partial charge < -0.3 is 35.0 Å². The zero-order valence-corrected chi connectivity index (χ0v) is 17.1. The van der Waals surface area contributed by atoms with Crippen LogP contribution in [0.4, 0.5) is 0 Å². The molecule has 0 saturated heterocycles. The van der Waals surface area contributed by atoms with Gasteiger partial charge in [0.1, 0.15) is 18.1 Å². The second-order valence-corrected chi connectivity index (χ2v) is 8.55. The quantitative estimate of drug-likeness (QED) is 0.604. The highest BCUT2D eigenvalue weighted by atomic mass is 16.5. The lowest BCUT2D eigenvalue weighted by molar-refractivity contribution is -0.337. The largest absolute Gasteiger partial charge is 0.546 e. The van der Waals surface area contributed by atoms with E-state index in [0.29, 0.717) is 0 Å². The van der Waals surface area contributed by atoms with Gasteiger partial charge in [-0.15, -0.1) is 0 Å². The Kier molecular flexibility index (Phi) is 6.84. The van der Waals surface area contributed by atoms with Crippen LogP contribution in [0.15, 0.2) is 18.2 Å². The molecule has 0 bridgehead atoms. The lowest BCUT2D eigenvalue weighted by Crippen LogP contribution is -2.67. The third-order valence-electron chi connectivity index (χ3n) is 4.41. The van der Waals surface area contributed by atoms with E-state index in [4.69, 9.17) is 15.2 Å². The van der Waals surface area contributed by atoms with Crippen molar-refractivity contribution in [2.45, 2.75) is 47.1 Å². The molecule has 28 heavy (non-hydrogen) atoms. The predicted molar refractivity (Wildman–Crippen MR) is 97.6 cm³/mol. The molecule has 0 amide bonds. The number of carboxylic acids is 2. The van der Waals surface area contributed by atoms with E-state index in [1.807, 2.05) is 0 Å². The first-order chi connectivity index (χ1) is 12.7. The molecule has 156 valence electrons. The number of aliphatic carboxylic acids is 2. The summed E-state index contributed by atoms with van der Waals surface area (Å²) < 4.78 is 11.1. The molecule has 2 N–H and O–H groups in total. The standard InChI is InChI=1S/C20H29NO7/c1-18(2,3)20(17(25)26,19(4,5)6)28-14-8-12(15(22)10-21)7-13(9-14)27-11-16(23)24/h7-9H,10-11,21H2,1-6H3,(H,23,24)(H,25,26)/p-2. The molecule has 0 aliphatic carbocycles. The monoisotopic (exact) mass is 393 g/mol. The van der Waals surface area contributed by atoms with Gasteiger partial charge in [-0.2, -0.15) is 0 Å². The first-order valence-corrected chi connectivity index (χ1v) is 8.77. The summed E-state index contributed by atoms with van der Waals surface area (Å²) in [5.74, 6) is -3.30. The first-order valence-electron chi connectivity index (χ1n) is 8.77. The van der Waals surface area contributed by atoms with Crippen molar-refractivity contribution in [3.8, 4) is 11.5 Å². The maximum absolute atomic E-state index is 12.3. The third kappa shape index (κ3) is 4.81. The van der Waals surface area contributed by atoms with Gasteiger partial charge in [0.05, 0.1) is 18.5 Å². The molecule has 0 atom stereocenters. The summed E-state index contributed by atoms with van der Waals surface area (Å²) in [6, 6.07) is 3.96. The van der Waals surface area contributed by atoms with Crippen molar-refractivity contribution in [1.29, 1.82) is 0 Å². The van der Waals surface area contributed by atoms with E-state index in [1.165, 1.54) is 18.2 Å². The number of carbonyl (C=O) groups excluding carboxylic acids is 3. The topological polar surface area (TPSA) is 142 Å². The Balaban J connectivity index is 3.58. The number of nitrogens with two attached hydrogens (primary N) is 1. The number of hydrogen-bond acceptors (Lipinski definition) is 8. The van der Waals surface area contributed by atoms with Crippen molar-refractivity contribution in [1.82, 2.24) is 0 Å². The summed E-state index contributed by atoms with van der Waals surface area (Å²) >= 11 is 0. The average Bonchev–Trinajstić information content (AvgIpc) is 2.54. The normalized spacial score (nSPS) is 12.4. The van der Waals surface area contributed by atoms with Gasteiger partial charge in [0, 0.05) is 22.5 Å². The molecule has 0 aliphatic rings. The Bertz CT molecular complexity index is 743. The maximum atomic E-state index is 12.3. The Morgan fingerprint density at radius 3 is 1.82 bits per heavy atom. The zero-order valence-electron chi connectivity index (χ0n) is 17.1. The Morgan fingerprint density at radius 1 is 0.929 bits per heavy atom. The van der Waals surface area contributed by atoms with Crippen LogP contribution < -0.4 is 25.4 Å². The summed E-state index contributed by atoms with van der Waals surface area (Å²) in [4.78, 5) is 35.0. The summed E-state index contributed by atoms with van der Waals surface area (Å²) in [7, 11) is 0. The molecule has 1 aromatic carbocycles. The highest BCUT2D eigenvalue weighted by Crippen LogP contribution is 2.47. The number of ketones is 1. The molecule has 1 aromatic rings. The van der Waals surface area contributed by atoms with E-state index >= 15 is 0 Å². The van der Waals surface area contributed by atoms with E-state index in [2.05, 4.69) is 0 Å². The van der Waals surface area contributed by atoms with E-state index in [-0.39, 0.29) is 23.6 Å². The van der Waals surface area contributed by atoms with Crippen LogP contribution in [0.3, 0.4) is 0 Å². The number of carboxylic acid groups (broad SMARTS) is 2. The molecule has 0 fully saturated rings. The van der Waals surface area contributed by atoms with Gasteiger partial charge in [-0.3, -0.25) is 4.79 Å². The number of carbonyl (C=O) groups is 3. The fraction of sp³-hybridized carbons (Fsp3) is 0.550. The summed E-state index contributed by atoms with van der Waals surface area (Å²) in [6.07, 6.45) is 0. The predicted octanol–water partition coefficient (Wildman–Crippen LogP) is -0.0836. The number of ether oxygens (including phenoxy) is 2. The van der Waals surface area contributed by atoms with Crippen LogP contribution >= 0.6 is 0 Å². The number of Topliss-reactive ketones (excluding diaryl/α,β-unsaturated/α-hetero) is 1. The Hall–Kier alpha value is -2.61. The lowest BCUT2D eigenvalue weighted by atomic mass is 9.62. The van der Waals surface area contributed by atoms with E-state index in [0.717, 1.165) is 0 Å². The van der Waals surface area contributed by atoms with Crippen molar-refractivity contribution in [3.05, 3.63) is 23.8 Å². The summed E-state index contributed by atoms with van der Waals surface area (Å²) in [5, 5.41) is 22.9. The van der Waals surface area contributed by atoms with Gasteiger partial charge in [-0.05, 0) is 12.1 Å². The molecule has 0 unspecified atom stereocenters. The minimum atomic E-state index is -1.78. The fourth-order valence-corrected chi connectivity index (χ4v) is 3.40. The van der Waals surface area contributed by atoms with Crippen LogP contribution in [0.1, 0.15) is 51.9 Å². The number of benzene rings is 1. The smallest absolute Gasteiger partial charge is 0.176 e. The highest BCUT2D eigenvalue weighted by molar-refractivity contribution is 5.98. The molecule has 0 aromatic heterocycles. The van der Waals surface area contributed by atoms with Gasteiger partial charge in [0.2, 0.25) is 0 Å². The van der Waals surface area contributed by atoms with Gasteiger partial charge in [0.25, 0.3) is 0 Å². The second kappa shape index (κ2) is 8.18. The van der Waals surface area contributed by atoms with Crippen LogP contribution in [-0.2, 0) is 9.59 Å². The molecule has 0 aliphatic heterocycles. The van der Waals surface area contributed by atoms with Crippen molar-refractivity contribution in [2.24, 2.45) is 16.6 Å². The fourth-order valence-electron chi connectivity index (χ4n) is 3.40. The van der Waals surface area contributed by atoms with Crippen LogP contribution in [0, 0.1) is 10.8 Å². The van der Waals surface area contributed by atoms with Crippen molar-refractivity contribution < 1.29 is 34.1 Å². The van der Waals surface area contributed by atoms with Crippen LogP contribution in [-0.4, -0.2) is 36.5 Å². The molecular formula is C20H27NO7-2. The van der Waals surface area contributed by atoms with Crippen molar-refractivity contribution in [3.63, 3.8) is 0 Å². The lowest BCUT2D eigenvalue weighted by Gasteiger charge is -2.53. The van der Waals surface area contributed by atoms with E-state index in [1.54, 1.807) is 41.5 Å². The van der Waals surface area contributed by atoms with Gasteiger partial charge in [-0.1, -0.05) is 41.5 Å². The first kappa shape index (κ1) is 23.4. The minimum Gasteiger partial charge on any atom is -0.546 e. The zero-order chi connectivity index (χ0) is 21.9. The number of rotatable bonds is 8. The van der Waals surface area contributed by atoms with Crippen molar-refractivity contribution >= 4 is 17.7 Å². The van der Waals surface area contributed by atoms with E-state index in [9.17, 15) is 24.6 Å². The van der Waals surface area contributed by atoms with Crippen molar-refractivity contribution in [2.75, 3.05) is 13.2 Å². The van der Waals surface area contributed by atoms with E-state index < -0.39 is 40.8 Å².